The molecule has 6 fully saturated rings. The van der Waals surface area contributed by atoms with Gasteiger partial charge in [-0.05, 0) is 155 Å². The number of aliphatic hydroxyl groups excluding tert-OH is 1. The Morgan fingerprint density at radius 2 is 1.49 bits per heavy atom. The van der Waals surface area contributed by atoms with E-state index >= 15 is 13.2 Å². The van der Waals surface area contributed by atoms with E-state index < -0.39 is 134 Å². The molecule has 6 heterocycles. The lowest BCUT2D eigenvalue weighted by molar-refractivity contribution is -0.269. The number of rotatable bonds is 23. The number of Topliss-reactive ketones (excluding diaryl/α,β-unsaturated/α-hetero) is 1. The maximum absolute atomic E-state index is 15.9. The van der Waals surface area contributed by atoms with Gasteiger partial charge >= 0.3 is 6.09 Å². The molecule has 87 heavy (non-hydrogen) atoms. The van der Waals surface area contributed by atoms with Crippen molar-refractivity contribution in [1.82, 2.24) is 4.90 Å². The molecule has 0 bridgehead atoms. The average Bonchev–Trinajstić information content (AvgIpc) is 1.80. The van der Waals surface area contributed by atoms with Crippen LogP contribution in [0.1, 0.15) is 154 Å². The lowest BCUT2D eigenvalue weighted by Gasteiger charge is -2.53. The Bertz CT molecular complexity index is 2690. The topological polar surface area (TPSA) is 201 Å². The summed E-state index contributed by atoms with van der Waals surface area (Å²) in [5, 5.41) is 10.8. The monoisotopic (exact) mass is 1380 g/mol. The summed E-state index contributed by atoms with van der Waals surface area (Å²) in [5.74, 6) is -1.64. The third kappa shape index (κ3) is 17.1. The number of fused-ring (bicyclic) bond motifs is 1. The van der Waals surface area contributed by atoms with Gasteiger partial charge in [0.05, 0.1) is 78.6 Å². The molecule has 0 aromatic heterocycles. The van der Waals surface area contributed by atoms with Gasteiger partial charge in [-0.25, -0.2) is 13.2 Å². The molecule has 0 saturated carbocycles. The summed E-state index contributed by atoms with van der Waals surface area (Å²) < 4.78 is 101. The standard InChI is InChI=1S/C66H106INO16SSi2/c1-40-34-44(27-29-49-41(2)35-43(76-49)24-23-33-69)77-52(42(40)3)38-53-55(57(75-15)54(79-53)37-46-39-68(66(13,14)81-46)62(72)82-63(4,5)6)61(85(73,74)47-25-21-20-22-26-47)48(70)36-45-28-30-50-58(78-45)56(71)60(84-87(18,19)65(10,11)12)59(80-50)51(31-32-67)83-86(16,17)64(7,8)9/h20-22,25-26,31-33,40,43-46,49-61,71H,2-3,23-24,27-30,34-39H2,1,4-19H3/b32-31+/t40-,43+,44+,45-,46+,49+,50?,51+,52-,53+,54-,55+,56+,57+,58+,59+,60+,61?/m1/s1. The van der Waals surface area contributed by atoms with Crippen LogP contribution in [0.5, 0.6) is 0 Å². The van der Waals surface area contributed by atoms with Crippen LogP contribution >= 0.6 is 22.6 Å². The fourth-order valence-electron chi connectivity index (χ4n) is 13.1. The van der Waals surface area contributed by atoms with Crippen molar-refractivity contribution in [3.63, 3.8) is 0 Å². The Labute approximate surface area is 536 Å². The predicted molar refractivity (Wildman–Crippen MR) is 350 cm³/mol. The molecule has 1 aromatic carbocycles. The minimum absolute atomic E-state index is 0.0287. The van der Waals surface area contributed by atoms with Gasteiger partial charge < -0.3 is 56.6 Å². The van der Waals surface area contributed by atoms with Crippen molar-refractivity contribution in [3.05, 3.63) is 64.8 Å². The normalized spacial score (nSPS) is 33.6. The maximum Gasteiger partial charge on any atom is 0.412 e. The molecule has 21 heteroatoms. The zero-order chi connectivity index (χ0) is 64.6. The quantitative estimate of drug-likeness (QED) is 0.0469. The van der Waals surface area contributed by atoms with Crippen molar-refractivity contribution >= 4 is 67.2 Å². The number of ketones is 1. The molecule has 6 saturated heterocycles. The summed E-state index contributed by atoms with van der Waals surface area (Å²) >= 11 is 2.20. The van der Waals surface area contributed by atoms with Crippen LogP contribution in [-0.4, -0.2) is 175 Å². The van der Waals surface area contributed by atoms with Crippen molar-refractivity contribution in [2.24, 2.45) is 11.8 Å². The summed E-state index contributed by atoms with van der Waals surface area (Å²) in [6, 6.07) is 8.04. The van der Waals surface area contributed by atoms with Gasteiger partial charge in [-0.2, -0.15) is 0 Å². The third-order valence-electron chi connectivity index (χ3n) is 19.9. The number of carbonyl (C=O) groups is 3. The number of aldehydes is 1. The number of hydrogen-bond acceptors (Lipinski definition) is 16. The molecule has 0 aliphatic carbocycles. The van der Waals surface area contributed by atoms with E-state index in [4.69, 9.17) is 46.7 Å². The van der Waals surface area contributed by atoms with Gasteiger partial charge in [0.15, 0.2) is 32.3 Å². The van der Waals surface area contributed by atoms with E-state index in [2.05, 4.69) is 110 Å². The van der Waals surface area contributed by atoms with Crippen LogP contribution in [0.3, 0.4) is 0 Å². The summed E-state index contributed by atoms with van der Waals surface area (Å²) in [4.78, 5) is 42.3. The number of hydrogen-bond donors (Lipinski definition) is 1. The van der Waals surface area contributed by atoms with E-state index in [9.17, 15) is 14.7 Å². The minimum atomic E-state index is -4.53. The molecular formula is C66H106INO16SSi2. The number of aliphatic hydroxyl groups is 1. The van der Waals surface area contributed by atoms with Crippen LogP contribution in [0.4, 0.5) is 4.79 Å². The number of halogens is 1. The van der Waals surface area contributed by atoms with Gasteiger partial charge in [-0.1, -0.05) is 102 Å². The fraction of sp³-hybridized carbons (Fsp3) is 0.773. The van der Waals surface area contributed by atoms with Crippen molar-refractivity contribution in [2.45, 2.75) is 303 Å². The molecule has 0 radical (unpaired) electrons. The Hall–Kier alpha value is -2.24. The van der Waals surface area contributed by atoms with E-state index in [0.29, 0.717) is 51.4 Å². The second kappa shape index (κ2) is 28.6. The summed E-state index contributed by atoms with van der Waals surface area (Å²) in [5.41, 5.74) is 0.0180. The SMILES string of the molecule is C=C1C[C@H](CCC=O)O[C@H]1CC[C@H]1C[C@@H](C)C(=C)[C@@H](C[C@@H]2O[C@H](C[C@H]3CN(C(=O)OC(C)(C)C)C(C)(C)O3)[C@H](OC)[C@H]2C(C(=O)C[C@H]2CCC3O[C@@H]([C@H](/C=C/I)O[Si](C)(C)C(C)(C)C)[C@@H](O[Si](C)(C)C(C)(C)C)[C@@H](O)[C@H]3O2)S(=O)(=O)c2ccccc2)O1. The molecule has 7 rings (SSSR count). The van der Waals surface area contributed by atoms with E-state index in [1.165, 1.54) is 19.2 Å². The number of ether oxygens (including phenoxy) is 8. The number of carbonyl (C=O) groups excluding carboxylic acids is 3. The zero-order valence-electron chi connectivity index (χ0n) is 55.2. The predicted octanol–water partition coefficient (Wildman–Crippen LogP) is 12.6. The lowest BCUT2D eigenvalue weighted by atomic mass is 9.81. The first-order valence-electron chi connectivity index (χ1n) is 31.7. The highest BCUT2D eigenvalue weighted by molar-refractivity contribution is 14.1. The number of amides is 1. The fourth-order valence-corrected chi connectivity index (χ4v) is 18.1. The second-order valence-electron chi connectivity index (χ2n) is 30.0. The highest BCUT2D eigenvalue weighted by Gasteiger charge is 2.59. The van der Waals surface area contributed by atoms with Gasteiger partial charge in [0.2, 0.25) is 0 Å². The zero-order valence-corrected chi connectivity index (χ0v) is 60.2. The first kappa shape index (κ1) is 72.2. The summed E-state index contributed by atoms with van der Waals surface area (Å²) in [6.45, 7) is 41.9. The summed E-state index contributed by atoms with van der Waals surface area (Å²) in [6.07, 6.45) is -2.91. The van der Waals surface area contributed by atoms with Gasteiger partial charge in [0.1, 0.15) is 47.3 Å². The van der Waals surface area contributed by atoms with Crippen LogP contribution in [0.25, 0.3) is 0 Å². The molecule has 18 atom stereocenters. The molecule has 1 aromatic rings. The van der Waals surface area contributed by atoms with E-state index in [1.807, 2.05) is 10.2 Å². The van der Waals surface area contributed by atoms with Gasteiger partial charge in [-0.15, -0.1) is 0 Å². The average molecular weight is 1380 g/mol. The smallest absolute Gasteiger partial charge is 0.412 e. The van der Waals surface area contributed by atoms with Gasteiger partial charge in [0, 0.05) is 38.7 Å². The molecule has 6 aliphatic rings. The molecule has 1 amide bonds. The number of methoxy groups -OCH3 is 1. The Balaban J connectivity index is 1.22. The van der Waals surface area contributed by atoms with Crippen LogP contribution in [-0.2, 0) is 66.2 Å². The van der Waals surface area contributed by atoms with Crippen molar-refractivity contribution in [3.8, 4) is 0 Å². The van der Waals surface area contributed by atoms with Crippen molar-refractivity contribution in [1.29, 1.82) is 0 Å². The molecule has 17 nitrogen and oxygen atoms in total. The number of nitrogens with zero attached hydrogens (tertiary/aromatic N) is 1. The van der Waals surface area contributed by atoms with Crippen LogP contribution in [0.15, 0.2) is 69.7 Å². The maximum atomic E-state index is 15.9. The van der Waals surface area contributed by atoms with E-state index in [1.54, 1.807) is 57.7 Å². The lowest BCUT2D eigenvalue weighted by Crippen LogP contribution is -2.67. The summed E-state index contributed by atoms with van der Waals surface area (Å²) in [7, 11) is -8.02. The first-order valence-corrected chi connectivity index (χ1v) is 40.3. The highest BCUT2D eigenvalue weighted by Crippen LogP contribution is 2.48. The second-order valence-corrected chi connectivity index (χ2v) is 42.3. The van der Waals surface area contributed by atoms with E-state index in [-0.39, 0.29) is 65.0 Å². The Morgan fingerprint density at radius 3 is 2.10 bits per heavy atom. The third-order valence-corrected chi connectivity index (χ3v) is 31.4. The number of sulfone groups is 1. The Kier molecular flexibility index (Phi) is 23.7. The van der Waals surface area contributed by atoms with Crippen LogP contribution in [0.2, 0.25) is 36.3 Å². The minimum Gasteiger partial charge on any atom is -0.444 e. The molecule has 492 valence electrons. The van der Waals surface area contributed by atoms with Gasteiger partial charge in [0.25, 0.3) is 0 Å². The van der Waals surface area contributed by atoms with Crippen LogP contribution in [0, 0.1) is 11.8 Å². The molecular weight excluding hydrogens is 1280 g/mol. The molecule has 2 unspecified atom stereocenters. The highest BCUT2D eigenvalue weighted by atomic mass is 127. The van der Waals surface area contributed by atoms with Gasteiger partial charge in [-0.3, -0.25) is 9.69 Å². The van der Waals surface area contributed by atoms with Crippen molar-refractivity contribution in [2.75, 3.05) is 13.7 Å². The van der Waals surface area contributed by atoms with Crippen molar-refractivity contribution < 1.29 is 74.7 Å². The molecule has 0 spiro atoms. The molecule has 6 aliphatic heterocycles. The largest absolute Gasteiger partial charge is 0.444 e. The number of benzene rings is 1. The molecule has 1 N–H and O–H groups in total. The van der Waals surface area contributed by atoms with E-state index in [0.717, 1.165) is 17.4 Å². The van der Waals surface area contributed by atoms with Crippen LogP contribution < -0.4 is 0 Å². The first-order chi connectivity index (χ1) is 40.3. The Morgan fingerprint density at radius 1 is 0.839 bits per heavy atom.